The van der Waals surface area contributed by atoms with E-state index < -0.39 is 5.91 Å². The Bertz CT molecular complexity index is 412. The van der Waals surface area contributed by atoms with E-state index in [9.17, 15) is 4.79 Å². The van der Waals surface area contributed by atoms with Crippen LogP contribution in [0.3, 0.4) is 0 Å². The van der Waals surface area contributed by atoms with Crippen molar-refractivity contribution in [3.8, 4) is 5.75 Å². The van der Waals surface area contributed by atoms with E-state index in [0.29, 0.717) is 5.56 Å². The van der Waals surface area contributed by atoms with Crippen molar-refractivity contribution in [3.05, 3.63) is 23.8 Å². The third-order valence-corrected chi connectivity index (χ3v) is 3.16. The molecule has 0 aliphatic carbocycles. The maximum Gasteiger partial charge on any atom is 0.248 e. The fourth-order valence-corrected chi connectivity index (χ4v) is 2.23. The molecule has 1 fully saturated rings. The van der Waals surface area contributed by atoms with Crippen LogP contribution in [0.1, 0.15) is 29.6 Å². The Morgan fingerprint density at radius 3 is 2.59 bits per heavy atom. The SMILES string of the molecule is COc1cc(C(N)=O)ccc1N1CCCCC1. The molecule has 1 heterocycles. The van der Waals surface area contributed by atoms with Crippen LogP contribution >= 0.6 is 0 Å². The summed E-state index contributed by atoms with van der Waals surface area (Å²) in [6, 6.07) is 5.39. The molecule has 1 aromatic rings. The standard InChI is InChI=1S/C13H18N2O2/c1-17-12-9-10(13(14)16)5-6-11(12)15-7-3-2-4-8-15/h5-6,9H,2-4,7-8H2,1H3,(H2,14,16). The lowest BCUT2D eigenvalue weighted by Crippen LogP contribution is -2.29. The molecule has 4 heteroatoms. The molecule has 0 atom stereocenters. The zero-order chi connectivity index (χ0) is 12.3. The molecular weight excluding hydrogens is 216 g/mol. The number of hydrogen-bond donors (Lipinski definition) is 1. The normalized spacial score (nSPS) is 15.7. The number of primary amides is 1. The summed E-state index contributed by atoms with van der Waals surface area (Å²) in [5, 5.41) is 0. The quantitative estimate of drug-likeness (QED) is 0.867. The first-order chi connectivity index (χ1) is 8.22. The summed E-state index contributed by atoms with van der Waals surface area (Å²) in [6.07, 6.45) is 3.71. The number of ether oxygens (including phenoxy) is 1. The largest absolute Gasteiger partial charge is 0.495 e. The number of anilines is 1. The second-order valence-electron chi connectivity index (χ2n) is 4.30. The maximum absolute atomic E-state index is 11.1. The number of rotatable bonds is 3. The van der Waals surface area contributed by atoms with Crippen molar-refractivity contribution < 1.29 is 9.53 Å². The van der Waals surface area contributed by atoms with Crippen LogP contribution in [0.2, 0.25) is 0 Å². The number of amides is 1. The number of piperidine rings is 1. The molecule has 1 aliphatic heterocycles. The lowest BCUT2D eigenvalue weighted by atomic mass is 10.1. The van der Waals surface area contributed by atoms with Gasteiger partial charge in [-0.1, -0.05) is 0 Å². The molecule has 0 spiro atoms. The molecule has 2 rings (SSSR count). The summed E-state index contributed by atoms with van der Waals surface area (Å²) >= 11 is 0. The highest BCUT2D eigenvalue weighted by atomic mass is 16.5. The molecule has 92 valence electrons. The Hall–Kier alpha value is -1.71. The van der Waals surface area contributed by atoms with Crippen molar-refractivity contribution in [1.29, 1.82) is 0 Å². The first-order valence-electron chi connectivity index (χ1n) is 5.95. The molecular formula is C13H18N2O2. The van der Waals surface area contributed by atoms with E-state index in [-0.39, 0.29) is 0 Å². The van der Waals surface area contributed by atoms with Crippen LogP contribution in [0, 0.1) is 0 Å². The topological polar surface area (TPSA) is 55.6 Å². The van der Waals surface area contributed by atoms with Gasteiger partial charge in [0.25, 0.3) is 0 Å². The zero-order valence-electron chi connectivity index (χ0n) is 10.1. The van der Waals surface area contributed by atoms with Gasteiger partial charge in [-0.2, -0.15) is 0 Å². The van der Waals surface area contributed by atoms with Crippen LogP contribution in [0.5, 0.6) is 5.75 Å². The summed E-state index contributed by atoms with van der Waals surface area (Å²) in [6.45, 7) is 2.10. The number of hydrogen-bond acceptors (Lipinski definition) is 3. The van der Waals surface area contributed by atoms with Crippen LogP contribution in [0.15, 0.2) is 18.2 Å². The van der Waals surface area contributed by atoms with Crippen LogP contribution in [0.4, 0.5) is 5.69 Å². The Labute approximate surface area is 101 Å². The van der Waals surface area contributed by atoms with E-state index in [1.807, 2.05) is 6.07 Å². The zero-order valence-corrected chi connectivity index (χ0v) is 10.1. The Morgan fingerprint density at radius 2 is 2.00 bits per heavy atom. The van der Waals surface area contributed by atoms with Gasteiger partial charge < -0.3 is 15.4 Å². The van der Waals surface area contributed by atoms with Crippen molar-refractivity contribution in [1.82, 2.24) is 0 Å². The van der Waals surface area contributed by atoms with Gasteiger partial charge in [-0.15, -0.1) is 0 Å². The molecule has 1 amide bonds. The van der Waals surface area contributed by atoms with Crippen molar-refractivity contribution in [2.24, 2.45) is 5.73 Å². The predicted molar refractivity (Wildman–Crippen MR) is 67.6 cm³/mol. The fourth-order valence-electron chi connectivity index (χ4n) is 2.23. The van der Waals surface area contributed by atoms with E-state index in [1.54, 1.807) is 19.2 Å². The third kappa shape index (κ3) is 2.52. The van der Waals surface area contributed by atoms with Crippen LogP contribution in [-0.4, -0.2) is 26.1 Å². The van der Waals surface area contributed by atoms with Gasteiger partial charge in [0.05, 0.1) is 12.8 Å². The number of carbonyl (C=O) groups is 1. The maximum atomic E-state index is 11.1. The third-order valence-electron chi connectivity index (χ3n) is 3.16. The minimum Gasteiger partial charge on any atom is -0.495 e. The van der Waals surface area contributed by atoms with Crippen molar-refractivity contribution >= 4 is 11.6 Å². The van der Waals surface area contributed by atoms with Crippen LogP contribution < -0.4 is 15.4 Å². The second-order valence-corrected chi connectivity index (χ2v) is 4.30. The Kier molecular flexibility index (Phi) is 3.52. The number of benzene rings is 1. The molecule has 1 aliphatic rings. The summed E-state index contributed by atoms with van der Waals surface area (Å²) in [5.74, 6) is 0.302. The highest BCUT2D eigenvalue weighted by Crippen LogP contribution is 2.31. The summed E-state index contributed by atoms with van der Waals surface area (Å²) < 4.78 is 5.34. The molecule has 17 heavy (non-hydrogen) atoms. The molecule has 0 bridgehead atoms. The van der Waals surface area contributed by atoms with E-state index in [1.165, 1.54) is 19.3 Å². The lowest BCUT2D eigenvalue weighted by Gasteiger charge is -2.30. The average molecular weight is 234 g/mol. The highest BCUT2D eigenvalue weighted by molar-refractivity contribution is 5.94. The number of nitrogens with zero attached hydrogens (tertiary/aromatic N) is 1. The molecule has 0 saturated carbocycles. The summed E-state index contributed by atoms with van der Waals surface area (Å²) in [7, 11) is 1.62. The van der Waals surface area contributed by atoms with Crippen LogP contribution in [-0.2, 0) is 0 Å². The molecule has 1 aromatic carbocycles. The smallest absolute Gasteiger partial charge is 0.248 e. The van der Waals surface area contributed by atoms with E-state index in [2.05, 4.69) is 4.90 Å². The minimum absolute atomic E-state index is 0.423. The first-order valence-corrected chi connectivity index (χ1v) is 5.95. The van der Waals surface area contributed by atoms with Gasteiger partial charge >= 0.3 is 0 Å². The monoisotopic (exact) mass is 234 g/mol. The minimum atomic E-state index is -0.423. The van der Waals surface area contributed by atoms with Gasteiger partial charge in [0.1, 0.15) is 5.75 Å². The van der Waals surface area contributed by atoms with Gasteiger partial charge in [-0.25, -0.2) is 0 Å². The van der Waals surface area contributed by atoms with E-state index >= 15 is 0 Å². The van der Waals surface area contributed by atoms with Gasteiger partial charge in [0.15, 0.2) is 0 Å². The highest BCUT2D eigenvalue weighted by Gasteiger charge is 2.16. The number of methoxy groups -OCH3 is 1. The second kappa shape index (κ2) is 5.08. The van der Waals surface area contributed by atoms with Gasteiger partial charge in [0, 0.05) is 18.7 Å². The van der Waals surface area contributed by atoms with Crippen molar-refractivity contribution in [3.63, 3.8) is 0 Å². The lowest BCUT2D eigenvalue weighted by molar-refractivity contribution is 0.1000. The Balaban J connectivity index is 2.29. The molecule has 0 radical (unpaired) electrons. The average Bonchev–Trinajstić information content (AvgIpc) is 2.39. The van der Waals surface area contributed by atoms with E-state index in [4.69, 9.17) is 10.5 Å². The van der Waals surface area contributed by atoms with Crippen molar-refractivity contribution in [2.45, 2.75) is 19.3 Å². The predicted octanol–water partition coefficient (Wildman–Crippen LogP) is 1.78. The summed E-state index contributed by atoms with van der Waals surface area (Å²) in [4.78, 5) is 13.4. The van der Waals surface area contributed by atoms with Gasteiger partial charge in [-0.05, 0) is 37.5 Å². The first kappa shape index (κ1) is 11.8. The molecule has 4 nitrogen and oxygen atoms in total. The fraction of sp³-hybridized carbons (Fsp3) is 0.462. The van der Waals surface area contributed by atoms with Crippen molar-refractivity contribution in [2.75, 3.05) is 25.1 Å². The van der Waals surface area contributed by atoms with Gasteiger partial charge in [0.2, 0.25) is 5.91 Å². The number of carbonyl (C=O) groups excluding carboxylic acids is 1. The Morgan fingerprint density at radius 1 is 1.29 bits per heavy atom. The molecule has 0 unspecified atom stereocenters. The molecule has 2 N–H and O–H groups in total. The van der Waals surface area contributed by atoms with Crippen LogP contribution in [0.25, 0.3) is 0 Å². The molecule has 0 aromatic heterocycles. The van der Waals surface area contributed by atoms with E-state index in [0.717, 1.165) is 24.5 Å². The summed E-state index contributed by atoms with van der Waals surface area (Å²) in [5.41, 5.74) is 6.80. The number of nitrogens with two attached hydrogens (primary N) is 1. The molecule has 1 saturated heterocycles. The van der Waals surface area contributed by atoms with Gasteiger partial charge in [-0.3, -0.25) is 4.79 Å².